The van der Waals surface area contributed by atoms with Gasteiger partial charge >= 0.3 is 0 Å². The Balaban J connectivity index is 2.17. The van der Waals surface area contributed by atoms with E-state index in [0.29, 0.717) is 6.42 Å². The van der Waals surface area contributed by atoms with Crippen molar-refractivity contribution < 1.29 is 9.59 Å². The van der Waals surface area contributed by atoms with Gasteiger partial charge < -0.3 is 10.6 Å². The van der Waals surface area contributed by atoms with Gasteiger partial charge in [-0.1, -0.05) is 19.8 Å². The molecule has 0 saturated heterocycles. The number of unbranched alkanes of at least 4 members (excludes halogenated alkanes) is 2. The smallest absolute Gasteiger partial charge is 0.224 e. The maximum Gasteiger partial charge on any atom is 0.224 e. The number of carbonyl (C=O) groups is 2. The minimum Gasteiger partial charge on any atom is -0.356 e. The van der Waals surface area contributed by atoms with Crippen molar-refractivity contribution in [2.75, 3.05) is 6.54 Å². The molecular weight excluding hydrogens is 216 g/mol. The SMILES string of the molecule is CCCCCNC(=O)C1CC1C(=O)NC(C)C. The van der Waals surface area contributed by atoms with Gasteiger partial charge in [-0.25, -0.2) is 0 Å². The van der Waals surface area contributed by atoms with E-state index in [2.05, 4.69) is 17.6 Å². The molecule has 0 bridgehead atoms. The fourth-order valence-electron chi connectivity index (χ4n) is 1.88. The molecule has 0 aromatic carbocycles. The molecule has 1 saturated carbocycles. The summed E-state index contributed by atoms with van der Waals surface area (Å²) in [5.41, 5.74) is 0. The van der Waals surface area contributed by atoms with E-state index in [-0.39, 0.29) is 29.7 Å². The fraction of sp³-hybridized carbons (Fsp3) is 0.846. The molecule has 2 unspecified atom stereocenters. The standard InChI is InChI=1S/C13H24N2O2/c1-4-5-6-7-14-12(16)10-8-11(10)13(17)15-9(2)3/h9-11H,4-8H2,1-3H3,(H,14,16)(H,15,17). The summed E-state index contributed by atoms with van der Waals surface area (Å²) in [6.07, 6.45) is 4.02. The summed E-state index contributed by atoms with van der Waals surface area (Å²) in [6.45, 7) is 6.73. The third kappa shape index (κ3) is 4.75. The first-order valence-corrected chi connectivity index (χ1v) is 6.64. The summed E-state index contributed by atoms with van der Waals surface area (Å²) in [5, 5.41) is 5.75. The summed E-state index contributed by atoms with van der Waals surface area (Å²) < 4.78 is 0. The Bertz CT molecular complexity index is 277. The average Bonchev–Trinajstić information content (AvgIpc) is 3.03. The zero-order valence-corrected chi connectivity index (χ0v) is 11.1. The molecule has 2 N–H and O–H groups in total. The second-order valence-corrected chi connectivity index (χ2v) is 5.11. The van der Waals surface area contributed by atoms with E-state index < -0.39 is 0 Å². The third-order valence-corrected chi connectivity index (χ3v) is 2.97. The highest BCUT2D eigenvalue weighted by Crippen LogP contribution is 2.38. The first kappa shape index (κ1) is 14.0. The molecule has 4 heteroatoms. The van der Waals surface area contributed by atoms with E-state index in [1.54, 1.807) is 0 Å². The lowest BCUT2D eigenvalue weighted by atomic mass is 10.2. The first-order chi connectivity index (χ1) is 8.06. The monoisotopic (exact) mass is 240 g/mol. The van der Waals surface area contributed by atoms with Gasteiger partial charge in [-0.15, -0.1) is 0 Å². The van der Waals surface area contributed by atoms with Crippen LogP contribution in [0.2, 0.25) is 0 Å². The quantitative estimate of drug-likeness (QED) is 0.662. The van der Waals surface area contributed by atoms with Crippen LogP contribution in [0.15, 0.2) is 0 Å². The zero-order valence-electron chi connectivity index (χ0n) is 11.1. The summed E-state index contributed by atoms with van der Waals surface area (Å²) in [7, 11) is 0. The van der Waals surface area contributed by atoms with Crippen LogP contribution in [-0.2, 0) is 9.59 Å². The largest absolute Gasteiger partial charge is 0.356 e. The van der Waals surface area contributed by atoms with E-state index in [1.807, 2.05) is 13.8 Å². The van der Waals surface area contributed by atoms with Gasteiger partial charge in [0.05, 0.1) is 11.8 Å². The summed E-state index contributed by atoms with van der Waals surface area (Å²) in [5.74, 6) is -0.113. The predicted octanol–water partition coefficient (Wildman–Crippen LogP) is 1.45. The van der Waals surface area contributed by atoms with E-state index in [4.69, 9.17) is 0 Å². The van der Waals surface area contributed by atoms with Crippen molar-refractivity contribution in [2.24, 2.45) is 11.8 Å². The second-order valence-electron chi connectivity index (χ2n) is 5.11. The van der Waals surface area contributed by atoms with Crippen LogP contribution in [0.3, 0.4) is 0 Å². The molecule has 0 radical (unpaired) electrons. The molecule has 17 heavy (non-hydrogen) atoms. The van der Waals surface area contributed by atoms with Crippen molar-refractivity contribution in [2.45, 2.75) is 52.5 Å². The van der Waals surface area contributed by atoms with Gasteiger partial charge in [0.1, 0.15) is 0 Å². The Morgan fingerprint density at radius 2 is 1.82 bits per heavy atom. The molecule has 4 nitrogen and oxygen atoms in total. The van der Waals surface area contributed by atoms with Crippen LogP contribution in [0, 0.1) is 11.8 Å². The van der Waals surface area contributed by atoms with Crippen LogP contribution >= 0.6 is 0 Å². The molecule has 1 aliphatic carbocycles. The van der Waals surface area contributed by atoms with E-state index in [1.165, 1.54) is 0 Å². The highest BCUT2D eigenvalue weighted by Gasteiger charge is 2.47. The van der Waals surface area contributed by atoms with Gasteiger partial charge in [0.15, 0.2) is 0 Å². The van der Waals surface area contributed by atoms with E-state index in [9.17, 15) is 9.59 Å². The van der Waals surface area contributed by atoms with Crippen LogP contribution in [0.1, 0.15) is 46.5 Å². The Hall–Kier alpha value is -1.06. The fourth-order valence-corrected chi connectivity index (χ4v) is 1.88. The van der Waals surface area contributed by atoms with Crippen molar-refractivity contribution in [3.63, 3.8) is 0 Å². The first-order valence-electron chi connectivity index (χ1n) is 6.64. The zero-order chi connectivity index (χ0) is 12.8. The molecule has 1 fully saturated rings. The highest BCUT2D eigenvalue weighted by atomic mass is 16.2. The lowest BCUT2D eigenvalue weighted by Crippen LogP contribution is -2.34. The van der Waals surface area contributed by atoms with Gasteiger partial charge in [0.2, 0.25) is 11.8 Å². The van der Waals surface area contributed by atoms with Crippen molar-refractivity contribution in [1.82, 2.24) is 10.6 Å². The molecule has 0 spiro atoms. The van der Waals surface area contributed by atoms with Gasteiger partial charge in [-0.2, -0.15) is 0 Å². The number of rotatable bonds is 7. The summed E-state index contributed by atoms with van der Waals surface area (Å²) in [4.78, 5) is 23.3. The van der Waals surface area contributed by atoms with Crippen LogP contribution in [0.4, 0.5) is 0 Å². The molecule has 1 rings (SSSR count). The topological polar surface area (TPSA) is 58.2 Å². The summed E-state index contributed by atoms with van der Waals surface area (Å²) >= 11 is 0. The van der Waals surface area contributed by atoms with Crippen molar-refractivity contribution in [3.8, 4) is 0 Å². The number of carbonyl (C=O) groups excluding carboxylic acids is 2. The van der Waals surface area contributed by atoms with Gasteiger partial charge in [-0.3, -0.25) is 9.59 Å². The normalized spacial score (nSPS) is 22.4. The Morgan fingerprint density at radius 1 is 1.18 bits per heavy atom. The molecule has 1 aliphatic rings. The average molecular weight is 240 g/mol. The van der Waals surface area contributed by atoms with Crippen molar-refractivity contribution >= 4 is 11.8 Å². The van der Waals surface area contributed by atoms with Gasteiger partial charge in [-0.05, 0) is 26.7 Å². The molecule has 2 amide bonds. The Kier molecular flexibility index (Phi) is 5.45. The van der Waals surface area contributed by atoms with Gasteiger partial charge in [0, 0.05) is 12.6 Å². The van der Waals surface area contributed by atoms with Crippen LogP contribution in [0.25, 0.3) is 0 Å². The molecule has 0 aliphatic heterocycles. The maximum atomic E-state index is 11.7. The third-order valence-electron chi connectivity index (χ3n) is 2.97. The van der Waals surface area contributed by atoms with Crippen molar-refractivity contribution in [3.05, 3.63) is 0 Å². The highest BCUT2D eigenvalue weighted by molar-refractivity contribution is 5.92. The molecular formula is C13H24N2O2. The molecule has 98 valence electrons. The predicted molar refractivity (Wildman–Crippen MR) is 67.4 cm³/mol. The molecule has 0 aromatic rings. The maximum absolute atomic E-state index is 11.7. The van der Waals surface area contributed by atoms with Crippen LogP contribution in [0.5, 0.6) is 0 Å². The Labute approximate surface area is 104 Å². The van der Waals surface area contributed by atoms with Crippen LogP contribution in [-0.4, -0.2) is 24.4 Å². The number of hydrogen-bond donors (Lipinski definition) is 2. The van der Waals surface area contributed by atoms with E-state index >= 15 is 0 Å². The number of hydrogen-bond acceptors (Lipinski definition) is 2. The Morgan fingerprint density at radius 3 is 2.41 bits per heavy atom. The lowest BCUT2D eigenvalue weighted by molar-refractivity contribution is -0.127. The van der Waals surface area contributed by atoms with Crippen LogP contribution < -0.4 is 10.6 Å². The number of amides is 2. The second kappa shape index (κ2) is 6.62. The summed E-state index contributed by atoms with van der Waals surface area (Å²) in [6, 6.07) is 0.149. The minimum atomic E-state index is -0.0939. The van der Waals surface area contributed by atoms with E-state index in [0.717, 1.165) is 25.8 Å². The molecule has 2 atom stereocenters. The molecule has 0 heterocycles. The van der Waals surface area contributed by atoms with Gasteiger partial charge in [0.25, 0.3) is 0 Å². The lowest BCUT2D eigenvalue weighted by Gasteiger charge is -2.08. The van der Waals surface area contributed by atoms with Crippen molar-refractivity contribution in [1.29, 1.82) is 0 Å². The minimum absolute atomic E-state index is 0.0220. The number of nitrogens with one attached hydrogen (secondary N) is 2. The molecule has 0 aromatic heterocycles.